The van der Waals surface area contributed by atoms with Crippen LogP contribution in [0, 0.1) is 0 Å². The monoisotopic (exact) mass is 896 g/mol. The number of hydrazine groups is 4. The van der Waals surface area contributed by atoms with Crippen LogP contribution in [0.25, 0.3) is 12.2 Å². The van der Waals surface area contributed by atoms with E-state index in [0.29, 0.717) is 23.3 Å². The Morgan fingerprint density at radius 3 is 1.09 bits per heavy atom. The van der Waals surface area contributed by atoms with E-state index in [4.69, 9.17) is 0 Å². The third kappa shape index (κ3) is 11.3. The van der Waals surface area contributed by atoms with Gasteiger partial charge >= 0.3 is 0 Å². The molecule has 18 nitrogen and oxygen atoms in total. The number of amidine groups is 2. The van der Waals surface area contributed by atoms with Gasteiger partial charge in [-0.05, 0) is 83.9 Å². The summed E-state index contributed by atoms with van der Waals surface area (Å²) in [5.41, 5.74) is 15.7. The molecule has 0 spiro atoms. The molecular weight excluding hydrogens is 857 g/mol. The van der Waals surface area contributed by atoms with Crippen LogP contribution in [-0.4, -0.2) is 48.1 Å². The summed E-state index contributed by atoms with van der Waals surface area (Å²) in [6.07, 6.45) is 6.10. The summed E-state index contributed by atoms with van der Waals surface area (Å²) >= 11 is 0. The van der Waals surface area contributed by atoms with Crippen molar-refractivity contribution >= 4 is 78.2 Å². The van der Waals surface area contributed by atoms with Gasteiger partial charge in [0.2, 0.25) is 0 Å². The van der Waals surface area contributed by atoms with Crippen LogP contribution in [0.2, 0.25) is 0 Å². The molecule has 0 aromatic heterocycles. The minimum atomic E-state index is -4.83. The van der Waals surface area contributed by atoms with Crippen molar-refractivity contribution in [3.05, 3.63) is 193 Å². The lowest BCUT2D eigenvalue weighted by Crippen LogP contribution is -2.44. The predicted octanol–water partition coefficient (Wildman–Crippen LogP) is 7.40. The second kappa shape index (κ2) is 18.8. The molecule has 6 aromatic rings. The van der Waals surface area contributed by atoms with Crippen molar-refractivity contribution in [1.29, 1.82) is 0 Å². The molecule has 0 fully saturated rings. The van der Waals surface area contributed by atoms with Crippen molar-refractivity contribution < 1.29 is 25.9 Å². The Morgan fingerprint density at radius 2 is 0.766 bits per heavy atom. The molecule has 2 heterocycles. The van der Waals surface area contributed by atoms with Crippen LogP contribution in [-0.2, 0) is 20.2 Å². The maximum absolute atomic E-state index is 12.8. The molecule has 6 aromatic carbocycles. The maximum Gasteiger partial charge on any atom is 0.295 e. The standard InChI is InChI=1S/C44H40N12O6S2/c57-63(58,59)39-27-37(49-55-51-41(45-33-13-5-1-6-14-33)29-42(52-55)46-34-15-7-2-8-16-34)25-23-31(39)21-22-32-24-26-38(28-40(32)64(60,61)62)50-56-53-43(47-35-17-9-3-10-18-35)30-44(54-56)48-36-19-11-4-12-20-36/h1-30,45,47,49-51,53H,(H,46,52)(H,48,54)(H,57,58,59)(H,60,61,62)/b22-21+. The Balaban J connectivity index is 1.02. The lowest BCUT2D eigenvalue weighted by molar-refractivity contribution is 0.272. The predicted molar refractivity (Wildman–Crippen MR) is 250 cm³/mol. The highest BCUT2D eigenvalue weighted by Crippen LogP contribution is 2.27. The van der Waals surface area contributed by atoms with Crippen LogP contribution in [0.1, 0.15) is 11.1 Å². The molecule has 324 valence electrons. The fraction of sp³-hybridized carbons (Fsp3) is 0. The first-order valence-electron chi connectivity index (χ1n) is 19.4. The molecule has 64 heavy (non-hydrogen) atoms. The normalized spacial score (nSPS) is 13.9. The summed E-state index contributed by atoms with van der Waals surface area (Å²) in [5.74, 6) is 1.88. The molecule has 8 rings (SSSR count). The maximum atomic E-state index is 12.8. The average molecular weight is 897 g/mol. The Labute approximate surface area is 368 Å². The summed E-state index contributed by atoms with van der Waals surface area (Å²) in [6, 6.07) is 45.9. The molecule has 2 aliphatic heterocycles. The lowest BCUT2D eigenvalue weighted by atomic mass is 10.1. The Kier molecular flexibility index (Phi) is 12.4. The first-order valence-corrected chi connectivity index (χ1v) is 22.2. The van der Waals surface area contributed by atoms with E-state index in [9.17, 15) is 25.9 Å². The van der Waals surface area contributed by atoms with Gasteiger partial charge < -0.3 is 21.3 Å². The summed E-state index contributed by atoms with van der Waals surface area (Å²) < 4.78 is 71.7. The van der Waals surface area contributed by atoms with Gasteiger partial charge in [0.05, 0.1) is 11.4 Å². The smallest absolute Gasteiger partial charge is 0.295 e. The highest BCUT2D eigenvalue weighted by molar-refractivity contribution is 7.86. The first-order chi connectivity index (χ1) is 30.9. The second-order valence-electron chi connectivity index (χ2n) is 13.9. The zero-order chi connectivity index (χ0) is 44.5. The average Bonchev–Trinajstić information content (AvgIpc) is 3.27. The van der Waals surface area contributed by atoms with Crippen LogP contribution >= 0.6 is 0 Å². The minimum Gasteiger partial charge on any atom is -0.341 e. The van der Waals surface area contributed by atoms with Crippen LogP contribution in [0.15, 0.2) is 202 Å². The molecule has 0 aliphatic carbocycles. The Bertz CT molecular complexity index is 2810. The topological polar surface area (TPSA) is 236 Å². The van der Waals surface area contributed by atoms with Gasteiger partial charge in [0.1, 0.15) is 21.4 Å². The second-order valence-corrected chi connectivity index (χ2v) is 16.7. The first kappa shape index (κ1) is 42.4. The van der Waals surface area contributed by atoms with Crippen molar-refractivity contribution in [3.63, 3.8) is 0 Å². The van der Waals surface area contributed by atoms with Gasteiger partial charge in [-0.2, -0.15) is 16.8 Å². The number of nitrogens with one attached hydrogen (secondary N) is 8. The van der Waals surface area contributed by atoms with E-state index < -0.39 is 30.0 Å². The molecule has 0 unspecified atom stereocenters. The van der Waals surface area contributed by atoms with Crippen molar-refractivity contribution in [2.24, 2.45) is 10.2 Å². The fourth-order valence-electron chi connectivity index (χ4n) is 6.29. The number of nitrogens with zero attached hydrogens (tertiary/aromatic N) is 4. The largest absolute Gasteiger partial charge is 0.341 e. The Morgan fingerprint density at radius 1 is 0.438 bits per heavy atom. The molecule has 0 bridgehead atoms. The van der Waals surface area contributed by atoms with E-state index >= 15 is 0 Å². The number of hydrazone groups is 2. The number of para-hydroxylation sites is 4. The van der Waals surface area contributed by atoms with E-state index in [1.54, 1.807) is 12.2 Å². The zero-order valence-corrected chi connectivity index (χ0v) is 35.1. The van der Waals surface area contributed by atoms with Gasteiger partial charge in [-0.25, -0.2) is 10.9 Å². The van der Waals surface area contributed by atoms with Gasteiger partial charge in [0.25, 0.3) is 20.2 Å². The van der Waals surface area contributed by atoms with E-state index in [0.717, 1.165) is 22.7 Å². The van der Waals surface area contributed by atoms with E-state index in [-0.39, 0.29) is 22.5 Å². The van der Waals surface area contributed by atoms with E-state index in [1.807, 2.05) is 121 Å². The van der Waals surface area contributed by atoms with Gasteiger partial charge in [-0.3, -0.25) is 20.0 Å². The molecular formula is C44H40N12O6S2. The van der Waals surface area contributed by atoms with Crippen LogP contribution in [0.5, 0.6) is 0 Å². The molecule has 0 radical (unpaired) electrons. The quantitative estimate of drug-likeness (QED) is 0.0379. The summed E-state index contributed by atoms with van der Waals surface area (Å²) in [6.45, 7) is 0. The molecule has 10 N–H and O–H groups in total. The van der Waals surface area contributed by atoms with Crippen molar-refractivity contribution in [2.75, 3.05) is 32.1 Å². The number of hydrogen-bond acceptors (Lipinski definition) is 16. The zero-order valence-electron chi connectivity index (χ0n) is 33.5. The fourth-order valence-corrected chi connectivity index (χ4v) is 7.71. The SMILES string of the molecule is O=S(=O)(O)c1cc(NN2N=C(Nc3ccccc3)C=C(Nc3ccccc3)N2)ccc1/C=C/c1ccc(NN2N=C(Nc3ccccc3)C=C(Nc3ccccc3)N2)cc1S(=O)(=O)O. The molecule has 2 aliphatic rings. The van der Waals surface area contributed by atoms with Crippen molar-refractivity contribution in [3.8, 4) is 0 Å². The number of anilines is 6. The highest BCUT2D eigenvalue weighted by atomic mass is 32.2. The van der Waals surface area contributed by atoms with Crippen molar-refractivity contribution in [1.82, 2.24) is 21.3 Å². The highest BCUT2D eigenvalue weighted by Gasteiger charge is 2.21. The van der Waals surface area contributed by atoms with E-state index in [2.05, 4.69) is 53.2 Å². The van der Waals surface area contributed by atoms with Gasteiger partial charge in [0.15, 0.2) is 11.7 Å². The lowest BCUT2D eigenvalue weighted by Gasteiger charge is -2.29. The number of benzene rings is 6. The third-order valence-electron chi connectivity index (χ3n) is 9.12. The van der Waals surface area contributed by atoms with E-state index in [1.165, 1.54) is 59.0 Å². The third-order valence-corrected chi connectivity index (χ3v) is 10.9. The molecule has 0 saturated carbocycles. The molecule has 0 atom stereocenters. The summed E-state index contributed by atoms with van der Waals surface area (Å²) in [7, 11) is -9.67. The molecule has 0 amide bonds. The van der Waals surface area contributed by atoms with Crippen LogP contribution in [0.4, 0.5) is 34.1 Å². The van der Waals surface area contributed by atoms with Crippen LogP contribution < -0.4 is 43.0 Å². The summed E-state index contributed by atoms with van der Waals surface area (Å²) in [5, 5.41) is 24.6. The number of rotatable bonds is 14. The van der Waals surface area contributed by atoms with Crippen molar-refractivity contribution in [2.45, 2.75) is 9.79 Å². The molecule has 0 saturated heterocycles. The number of hydrogen-bond donors (Lipinski definition) is 10. The molecule has 20 heteroatoms. The van der Waals surface area contributed by atoms with Gasteiger partial charge in [0, 0.05) is 34.9 Å². The van der Waals surface area contributed by atoms with Crippen LogP contribution in [0.3, 0.4) is 0 Å². The van der Waals surface area contributed by atoms with Gasteiger partial charge in [-0.1, -0.05) is 97.1 Å². The Hall–Kier alpha value is -8.30. The minimum absolute atomic E-state index is 0.0138. The van der Waals surface area contributed by atoms with Gasteiger partial charge in [-0.15, -0.1) is 20.7 Å². The summed E-state index contributed by atoms with van der Waals surface area (Å²) in [4.78, 5) is -0.992.